The van der Waals surface area contributed by atoms with Gasteiger partial charge in [-0.3, -0.25) is 4.79 Å². The fraction of sp³-hybridized carbons (Fsp3) is 0.929. The Balaban J connectivity index is 4.44. The molecule has 0 saturated heterocycles. The lowest BCUT2D eigenvalue weighted by Crippen LogP contribution is -2.44. The molecule has 2 N–H and O–H groups in total. The molecule has 1 atom stereocenters. The SMILES string of the molecule is CCCCCCCCCCC(CCCCCCCCCC)C(=O)NC(CC(C)C)C(=O)O. The first kappa shape index (κ1) is 30.9. The molecular weight excluding hydrogens is 398 g/mol. The van der Waals surface area contributed by atoms with E-state index < -0.39 is 12.0 Å². The van der Waals surface area contributed by atoms with Crippen molar-refractivity contribution in [3.63, 3.8) is 0 Å². The standard InChI is InChI=1S/C28H55NO3/c1-5-7-9-11-13-15-17-19-21-25(22-20-18-16-14-12-10-8-6-2)27(30)29-26(28(31)32)23-24(3)4/h24-26H,5-23H2,1-4H3,(H,29,30)(H,31,32). The van der Waals surface area contributed by atoms with Gasteiger partial charge in [-0.25, -0.2) is 4.79 Å². The number of carboxylic acid groups (broad SMARTS) is 1. The number of rotatable bonds is 23. The molecular formula is C28H55NO3. The minimum Gasteiger partial charge on any atom is -0.480 e. The van der Waals surface area contributed by atoms with Crippen LogP contribution < -0.4 is 5.32 Å². The Hall–Kier alpha value is -1.06. The molecule has 0 rings (SSSR count). The number of carboxylic acids is 1. The van der Waals surface area contributed by atoms with Crippen LogP contribution in [0.4, 0.5) is 0 Å². The number of carbonyl (C=O) groups is 2. The minimum absolute atomic E-state index is 0.0378. The van der Waals surface area contributed by atoms with Gasteiger partial charge in [0.25, 0.3) is 0 Å². The van der Waals surface area contributed by atoms with E-state index in [0.29, 0.717) is 6.42 Å². The van der Waals surface area contributed by atoms with Crippen molar-refractivity contribution in [1.82, 2.24) is 5.32 Å². The molecule has 4 nitrogen and oxygen atoms in total. The summed E-state index contributed by atoms with van der Waals surface area (Å²) in [5.41, 5.74) is 0. The van der Waals surface area contributed by atoms with E-state index in [9.17, 15) is 14.7 Å². The van der Waals surface area contributed by atoms with E-state index in [2.05, 4.69) is 19.2 Å². The third-order valence-electron chi connectivity index (χ3n) is 6.50. The van der Waals surface area contributed by atoms with Crippen molar-refractivity contribution < 1.29 is 14.7 Å². The Kier molecular flexibility index (Phi) is 21.0. The number of hydrogen-bond acceptors (Lipinski definition) is 2. The predicted molar refractivity (Wildman–Crippen MR) is 137 cm³/mol. The van der Waals surface area contributed by atoms with Crippen LogP contribution in [0.15, 0.2) is 0 Å². The highest BCUT2D eigenvalue weighted by molar-refractivity contribution is 5.84. The molecule has 0 aliphatic heterocycles. The van der Waals surface area contributed by atoms with Crippen LogP contribution in [0.3, 0.4) is 0 Å². The summed E-state index contributed by atoms with van der Waals surface area (Å²) in [5.74, 6) is -0.742. The molecule has 0 aromatic heterocycles. The van der Waals surface area contributed by atoms with Crippen molar-refractivity contribution >= 4 is 11.9 Å². The van der Waals surface area contributed by atoms with E-state index in [4.69, 9.17) is 0 Å². The summed E-state index contributed by atoms with van der Waals surface area (Å²) in [6, 6.07) is -0.762. The van der Waals surface area contributed by atoms with Crippen LogP contribution in [0.25, 0.3) is 0 Å². The molecule has 0 radical (unpaired) electrons. The number of amides is 1. The van der Waals surface area contributed by atoms with Gasteiger partial charge in [0.2, 0.25) is 5.91 Å². The topological polar surface area (TPSA) is 66.4 Å². The van der Waals surface area contributed by atoms with Crippen molar-refractivity contribution in [3.8, 4) is 0 Å². The van der Waals surface area contributed by atoms with E-state index in [1.54, 1.807) is 0 Å². The third kappa shape index (κ3) is 18.5. The van der Waals surface area contributed by atoms with Gasteiger partial charge in [0.1, 0.15) is 6.04 Å². The molecule has 1 unspecified atom stereocenters. The van der Waals surface area contributed by atoms with Crippen molar-refractivity contribution in [2.24, 2.45) is 11.8 Å². The quantitative estimate of drug-likeness (QED) is 0.153. The summed E-state index contributed by atoms with van der Waals surface area (Å²) in [5, 5.41) is 12.4. The Bertz CT molecular complexity index is 430. The second-order valence-corrected chi connectivity index (χ2v) is 10.3. The number of carbonyl (C=O) groups excluding carboxylic acids is 1. The lowest BCUT2D eigenvalue weighted by atomic mass is 9.92. The van der Waals surface area contributed by atoms with E-state index >= 15 is 0 Å². The van der Waals surface area contributed by atoms with Gasteiger partial charge in [-0.15, -0.1) is 0 Å². The maximum Gasteiger partial charge on any atom is 0.326 e. The molecule has 0 aliphatic rings. The Morgan fingerprint density at radius 2 is 1.03 bits per heavy atom. The van der Waals surface area contributed by atoms with Crippen LogP contribution in [-0.2, 0) is 9.59 Å². The summed E-state index contributed by atoms with van der Waals surface area (Å²) in [6.45, 7) is 8.49. The normalized spacial score (nSPS) is 12.4. The monoisotopic (exact) mass is 453 g/mol. The fourth-order valence-electron chi connectivity index (χ4n) is 4.44. The molecule has 0 saturated carbocycles. The lowest BCUT2D eigenvalue weighted by molar-refractivity contribution is -0.143. The molecule has 0 aromatic rings. The van der Waals surface area contributed by atoms with Gasteiger partial charge in [0.05, 0.1) is 0 Å². The van der Waals surface area contributed by atoms with Crippen LogP contribution in [-0.4, -0.2) is 23.0 Å². The molecule has 0 fully saturated rings. The second-order valence-electron chi connectivity index (χ2n) is 10.3. The van der Waals surface area contributed by atoms with Crippen molar-refractivity contribution in [1.29, 1.82) is 0 Å². The number of nitrogens with one attached hydrogen (secondary N) is 1. The molecule has 0 aliphatic carbocycles. The van der Waals surface area contributed by atoms with Crippen LogP contribution in [0.5, 0.6) is 0 Å². The molecule has 190 valence electrons. The highest BCUT2D eigenvalue weighted by Gasteiger charge is 2.25. The van der Waals surface area contributed by atoms with E-state index in [1.807, 2.05) is 13.8 Å². The Morgan fingerprint density at radius 1 is 0.656 bits per heavy atom. The molecule has 0 bridgehead atoms. The predicted octanol–water partition coefficient (Wildman–Crippen LogP) is 8.28. The minimum atomic E-state index is -0.912. The Morgan fingerprint density at radius 3 is 1.38 bits per heavy atom. The summed E-state index contributed by atoms with van der Waals surface area (Å²) >= 11 is 0. The zero-order valence-electron chi connectivity index (χ0n) is 21.9. The van der Waals surface area contributed by atoms with Crippen LogP contribution >= 0.6 is 0 Å². The van der Waals surface area contributed by atoms with Gasteiger partial charge in [-0.1, -0.05) is 130 Å². The number of aliphatic carboxylic acids is 1. The maximum absolute atomic E-state index is 12.9. The molecule has 32 heavy (non-hydrogen) atoms. The molecule has 0 heterocycles. The lowest BCUT2D eigenvalue weighted by Gasteiger charge is -2.21. The average molecular weight is 454 g/mol. The Labute approximate surface area is 199 Å². The van der Waals surface area contributed by atoms with E-state index in [1.165, 1.54) is 89.9 Å². The largest absolute Gasteiger partial charge is 0.480 e. The zero-order chi connectivity index (χ0) is 24.0. The summed E-state index contributed by atoms with van der Waals surface area (Å²) in [4.78, 5) is 24.5. The van der Waals surface area contributed by atoms with Crippen LogP contribution in [0.1, 0.15) is 150 Å². The first-order valence-electron chi connectivity index (χ1n) is 13.9. The summed E-state index contributed by atoms with van der Waals surface area (Å²) in [7, 11) is 0. The molecule has 0 spiro atoms. The summed E-state index contributed by atoms with van der Waals surface area (Å²) in [6.07, 6.45) is 22.4. The van der Waals surface area contributed by atoms with Gasteiger partial charge in [0, 0.05) is 5.92 Å². The average Bonchev–Trinajstić information content (AvgIpc) is 2.74. The van der Waals surface area contributed by atoms with Gasteiger partial charge in [-0.2, -0.15) is 0 Å². The van der Waals surface area contributed by atoms with Gasteiger partial charge < -0.3 is 10.4 Å². The van der Waals surface area contributed by atoms with Crippen molar-refractivity contribution in [3.05, 3.63) is 0 Å². The zero-order valence-corrected chi connectivity index (χ0v) is 21.9. The highest BCUT2D eigenvalue weighted by atomic mass is 16.4. The first-order chi connectivity index (χ1) is 15.4. The number of unbranched alkanes of at least 4 members (excludes halogenated alkanes) is 14. The van der Waals surface area contributed by atoms with Crippen molar-refractivity contribution in [2.75, 3.05) is 0 Å². The van der Waals surface area contributed by atoms with Gasteiger partial charge in [0.15, 0.2) is 0 Å². The summed E-state index contributed by atoms with van der Waals surface area (Å²) < 4.78 is 0. The van der Waals surface area contributed by atoms with Crippen molar-refractivity contribution in [2.45, 2.75) is 156 Å². The van der Waals surface area contributed by atoms with Gasteiger partial charge in [-0.05, 0) is 25.2 Å². The van der Waals surface area contributed by atoms with E-state index in [0.717, 1.165) is 25.7 Å². The number of hydrogen-bond donors (Lipinski definition) is 2. The second kappa shape index (κ2) is 21.8. The molecule has 1 amide bonds. The highest BCUT2D eigenvalue weighted by Crippen LogP contribution is 2.21. The smallest absolute Gasteiger partial charge is 0.326 e. The maximum atomic E-state index is 12.9. The van der Waals surface area contributed by atoms with Crippen LogP contribution in [0.2, 0.25) is 0 Å². The first-order valence-corrected chi connectivity index (χ1v) is 13.9. The van der Waals surface area contributed by atoms with Crippen LogP contribution in [0, 0.1) is 11.8 Å². The fourth-order valence-corrected chi connectivity index (χ4v) is 4.44. The molecule has 0 aromatic carbocycles. The third-order valence-corrected chi connectivity index (χ3v) is 6.50. The molecule has 4 heteroatoms. The van der Waals surface area contributed by atoms with E-state index in [-0.39, 0.29) is 17.7 Å². The van der Waals surface area contributed by atoms with Gasteiger partial charge >= 0.3 is 5.97 Å².